The van der Waals surface area contributed by atoms with Gasteiger partial charge in [0.25, 0.3) is 0 Å². The van der Waals surface area contributed by atoms with Crippen molar-refractivity contribution in [2.45, 2.75) is 70.3 Å². The van der Waals surface area contributed by atoms with Crippen LogP contribution in [-0.4, -0.2) is 10.7 Å². The van der Waals surface area contributed by atoms with Crippen molar-refractivity contribution >= 4 is 0 Å². The average Bonchev–Trinajstić information content (AvgIpc) is 3.00. The largest absolute Gasteiger partial charge is 0.389 e. The van der Waals surface area contributed by atoms with Crippen molar-refractivity contribution in [1.82, 2.24) is 0 Å². The Balaban J connectivity index is 1.54. The zero-order chi connectivity index (χ0) is 12.3. The Morgan fingerprint density at radius 1 is 0.944 bits per heavy atom. The molecule has 0 heterocycles. The van der Waals surface area contributed by atoms with E-state index in [4.69, 9.17) is 0 Å². The van der Waals surface area contributed by atoms with Gasteiger partial charge in [-0.3, -0.25) is 0 Å². The maximum Gasteiger partial charge on any atom is 0.0709 e. The van der Waals surface area contributed by atoms with E-state index >= 15 is 0 Å². The molecule has 0 aliphatic heterocycles. The van der Waals surface area contributed by atoms with Crippen LogP contribution in [0.3, 0.4) is 0 Å². The molecule has 0 saturated heterocycles. The lowest BCUT2D eigenvalue weighted by Gasteiger charge is -2.46. The highest BCUT2D eigenvalue weighted by atomic mass is 16.3. The first-order chi connectivity index (χ1) is 8.68. The van der Waals surface area contributed by atoms with Crippen molar-refractivity contribution < 1.29 is 5.11 Å². The number of rotatable bonds is 1. The molecule has 18 heavy (non-hydrogen) atoms. The molecule has 0 spiro atoms. The van der Waals surface area contributed by atoms with E-state index in [-0.39, 0.29) is 5.60 Å². The molecular weight excluding hydrogens is 220 g/mol. The Kier molecular flexibility index (Phi) is 2.60. The number of hydrogen-bond donors (Lipinski definition) is 1. The molecular formula is C17H28O. The van der Waals surface area contributed by atoms with Crippen molar-refractivity contribution in [2.24, 2.45) is 35.5 Å². The Labute approximate surface area is 111 Å². The molecule has 4 fully saturated rings. The Bertz CT molecular complexity index is 331. The first-order valence-corrected chi connectivity index (χ1v) is 8.41. The smallest absolute Gasteiger partial charge is 0.0709 e. The fraction of sp³-hybridized carbons (Fsp3) is 1.00. The van der Waals surface area contributed by atoms with Crippen molar-refractivity contribution in [2.75, 3.05) is 0 Å². The fourth-order valence-corrected chi connectivity index (χ4v) is 6.39. The maximum absolute atomic E-state index is 11.3. The second-order valence-corrected chi connectivity index (χ2v) is 8.01. The van der Waals surface area contributed by atoms with E-state index in [2.05, 4.69) is 6.92 Å². The zero-order valence-corrected chi connectivity index (χ0v) is 11.8. The summed E-state index contributed by atoms with van der Waals surface area (Å²) in [5.74, 6) is 5.05. The van der Waals surface area contributed by atoms with Gasteiger partial charge in [-0.2, -0.15) is 0 Å². The van der Waals surface area contributed by atoms with Crippen LogP contribution in [0.25, 0.3) is 0 Å². The van der Waals surface area contributed by atoms with Crippen LogP contribution in [0.15, 0.2) is 0 Å². The van der Waals surface area contributed by atoms with Crippen LogP contribution in [0.2, 0.25) is 0 Å². The molecule has 1 nitrogen and oxygen atoms in total. The van der Waals surface area contributed by atoms with E-state index in [0.29, 0.717) is 11.8 Å². The van der Waals surface area contributed by atoms with Crippen LogP contribution >= 0.6 is 0 Å². The van der Waals surface area contributed by atoms with Gasteiger partial charge in [0, 0.05) is 0 Å². The van der Waals surface area contributed by atoms with Gasteiger partial charge in [0.05, 0.1) is 5.60 Å². The molecule has 4 saturated carbocycles. The van der Waals surface area contributed by atoms with Crippen molar-refractivity contribution in [3.8, 4) is 0 Å². The third-order valence-electron chi connectivity index (χ3n) is 7.26. The Hall–Kier alpha value is -0.0400. The highest BCUT2D eigenvalue weighted by Crippen LogP contribution is 2.65. The summed E-state index contributed by atoms with van der Waals surface area (Å²) in [4.78, 5) is 0. The molecule has 0 aromatic rings. The third-order valence-corrected chi connectivity index (χ3v) is 7.26. The Morgan fingerprint density at radius 2 is 1.67 bits per heavy atom. The molecule has 1 N–H and O–H groups in total. The molecule has 4 aliphatic carbocycles. The van der Waals surface area contributed by atoms with Gasteiger partial charge < -0.3 is 5.11 Å². The third kappa shape index (κ3) is 1.49. The van der Waals surface area contributed by atoms with Crippen LogP contribution in [0.4, 0.5) is 0 Å². The first-order valence-electron chi connectivity index (χ1n) is 8.41. The molecule has 0 radical (unpaired) electrons. The molecule has 102 valence electrons. The van der Waals surface area contributed by atoms with Crippen molar-refractivity contribution in [3.05, 3.63) is 0 Å². The standard InChI is InChI=1S/C17H28O/c1-11-5-7-13(8-6-11)17(18)10-12-9-16(17)15-4-2-3-14(12)15/h11-16,18H,2-10H2,1H3. The molecule has 0 aromatic carbocycles. The van der Waals surface area contributed by atoms with Crippen LogP contribution in [0.5, 0.6) is 0 Å². The highest BCUT2D eigenvalue weighted by Gasteiger charge is 2.62. The van der Waals surface area contributed by atoms with Gasteiger partial charge in [0.2, 0.25) is 0 Å². The summed E-state index contributed by atoms with van der Waals surface area (Å²) in [6, 6.07) is 0. The van der Waals surface area contributed by atoms with E-state index in [1.54, 1.807) is 0 Å². The first kappa shape index (κ1) is 11.8. The summed E-state index contributed by atoms with van der Waals surface area (Å²) in [5.41, 5.74) is -0.240. The predicted octanol–water partition coefficient (Wildman–Crippen LogP) is 4.00. The average molecular weight is 248 g/mol. The second-order valence-electron chi connectivity index (χ2n) is 8.01. The van der Waals surface area contributed by atoms with E-state index in [9.17, 15) is 5.11 Å². The Morgan fingerprint density at radius 3 is 2.44 bits per heavy atom. The van der Waals surface area contributed by atoms with E-state index < -0.39 is 0 Å². The summed E-state index contributed by atoms with van der Waals surface area (Å²) >= 11 is 0. The lowest BCUT2D eigenvalue weighted by molar-refractivity contribution is -0.103. The number of hydrogen-bond acceptors (Lipinski definition) is 1. The summed E-state index contributed by atoms with van der Waals surface area (Å²) < 4.78 is 0. The molecule has 0 aromatic heterocycles. The van der Waals surface area contributed by atoms with E-state index in [0.717, 1.165) is 30.1 Å². The fourth-order valence-electron chi connectivity index (χ4n) is 6.39. The van der Waals surface area contributed by atoms with Crippen LogP contribution in [-0.2, 0) is 0 Å². The van der Waals surface area contributed by atoms with E-state index in [1.165, 1.54) is 51.4 Å². The molecule has 4 aliphatic rings. The zero-order valence-electron chi connectivity index (χ0n) is 11.8. The molecule has 1 heteroatoms. The van der Waals surface area contributed by atoms with Gasteiger partial charge >= 0.3 is 0 Å². The summed E-state index contributed by atoms with van der Waals surface area (Å²) in [5, 5.41) is 11.3. The van der Waals surface area contributed by atoms with Crippen molar-refractivity contribution in [3.63, 3.8) is 0 Å². The monoisotopic (exact) mass is 248 g/mol. The van der Waals surface area contributed by atoms with Crippen LogP contribution in [0, 0.1) is 35.5 Å². The quantitative estimate of drug-likeness (QED) is 0.743. The predicted molar refractivity (Wildman–Crippen MR) is 73.1 cm³/mol. The summed E-state index contributed by atoms with van der Waals surface area (Å²) in [7, 11) is 0. The van der Waals surface area contributed by atoms with Gasteiger partial charge in [-0.15, -0.1) is 0 Å². The van der Waals surface area contributed by atoms with Crippen LogP contribution < -0.4 is 0 Å². The van der Waals surface area contributed by atoms with Gasteiger partial charge in [-0.25, -0.2) is 0 Å². The van der Waals surface area contributed by atoms with Crippen molar-refractivity contribution in [1.29, 1.82) is 0 Å². The van der Waals surface area contributed by atoms with Gasteiger partial charge in [-0.1, -0.05) is 26.2 Å². The molecule has 5 unspecified atom stereocenters. The maximum atomic E-state index is 11.3. The second kappa shape index (κ2) is 3.98. The summed E-state index contributed by atoms with van der Waals surface area (Å²) in [6.07, 6.45) is 12.2. The minimum atomic E-state index is -0.240. The highest BCUT2D eigenvalue weighted by molar-refractivity contribution is 5.12. The lowest BCUT2D eigenvalue weighted by atomic mass is 9.63. The molecule has 5 atom stereocenters. The lowest BCUT2D eigenvalue weighted by Crippen LogP contribution is -2.48. The SMILES string of the molecule is CC1CCC(C2(O)CC3CC2C2CCCC32)CC1. The normalized spacial score (nSPS) is 59.0. The molecule has 2 bridgehead atoms. The summed E-state index contributed by atoms with van der Waals surface area (Å²) in [6.45, 7) is 2.38. The topological polar surface area (TPSA) is 20.2 Å². The van der Waals surface area contributed by atoms with Gasteiger partial charge in [-0.05, 0) is 74.0 Å². The molecule has 4 rings (SSSR count). The van der Waals surface area contributed by atoms with Crippen LogP contribution in [0.1, 0.15) is 64.7 Å². The number of fused-ring (bicyclic) bond motifs is 5. The number of aliphatic hydroxyl groups is 1. The van der Waals surface area contributed by atoms with Gasteiger partial charge in [0.15, 0.2) is 0 Å². The van der Waals surface area contributed by atoms with Gasteiger partial charge in [0.1, 0.15) is 0 Å². The minimum Gasteiger partial charge on any atom is -0.389 e. The molecule has 0 amide bonds. The minimum absolute atomic E-state index is 0.240. The van der Waals surface area contributed by atoms with E-state index in [1.807, 2.05) is 0 Å².